The van der Waals surface area contributed by atoms with Crippen LogP contribution in [0.3, 0.4) is 0 Å². The van der Waals surface area contributed by atoms with Gasteiger partial charge in [-0.3, -0.25) is 4.98 Å². The van der Waals surface area contributed by atoms with E-state index in [0.717, 1.165) is 28.2 Å². The van der Waals surface area contributed by atoms with E-state index in [-0.39, 0.29) is 6.17 Å². The van der Waals surface area contributed by atoms with Gasteiger partial charge in [-0.15, -0.1) is 0 Å². The Bertz CT molecular complexity index is 877. The predicted octanol–water partition coefficient (Wildman–Crippen LogP) is 1.57. The number of aromatic nitrogens is 3. The number of hydrogen-bond acceptors (Lipinski definition) is 8. The van der Waals surface area contributed by atoms with E-state index in [4.69, 9.17) is 0 Å². The lowest BCUT2D eigenvalue weighted by Crippen LogP contribution is -2.33. The van der Waals surface area contributed by atoms with E-state index in [1.54, 1.807) is 12.4 Å². The van der Waals surface area contributed by atoms with Crippen molar-refractivity contribution >= 4 is 5.82 Å². The molecule has 8 heteroatoms. The molecule has 4 rings (SSSR count). The van der Waals surface area contributed by atoms with Crippen LogP contribution in [-0.2, 0) is 6.54 Å². The third-order valence-electron chi connectivity index (χ3n) is 4.03. The van der Waals surface area contributed by atoms with Gasteiger partial charge in [-0.25, -0.2) is 20.8 Å². The second-order valence-electron chi connectivity index (χ2n) is 6.03. The normalized spacial score (nSPS) is 14.5. The van der Waals surface area contributed by atoms with Crippen LogP contribution in [0.25, 0.3) is 11.4 Å². The van der Waals surface area contributed by atoms with Gasteiger partial charge in [0.05, 0.1) is 0 Å². The maximum absolute atomic E-state index is 4.61. The first kappa shape index (κ1) is 16.6. The Morgan fingerprint density at radius 3 is 2.73 bits per heavy atom. The summed E-state index contributed by atoms with van der Waals surface area (Å²) in [6, 6.07) is 14.1. The Morgan fingerprint density at radius 2 is 1.92 bits per heavy atom. The van der Waals surface area contributed by atoms with Gasteiger partial charge in [-0.2, -0.15) is 11.1 Å². The Kier molecular flexibility index (Phi) is 4.80. The molecule has 0 bridgehead atoms. The Labute approximate surface area is 151 Å². The van der Waals surface area contributed by atoms with Crippen molar-refractivity contribution in [3.8, 4) is 11.4 Å². The van der Waals surface area contributed by atoms with Crippen LogP contribution >= 0.6 is 0 Å². The first-order chi connectivity index (χ1) is 12.8. The molecule has 1 aromatic carbocycles. The second kappa shape index (κ2) is 7.54. The summed E-state index contributed by atoms with van der Waals surface area (Å²) < 4.78 is 0. The summed E-state index contributed by atoms with van der Waals surface area (Å²) in [5, 5.41) is 3.39. The van der Waals surface area contributed by atoms with Crippen LogP contribution in [-0.4, -0.2) is 15.0 Å². The Balaban J connectivity index is 1.50. The van der Waals surface area contributed by atoms with Crippen molar-refractivity contribution < 1.29 is 0 Å². The number of aryl methyl sites for hydroxylation is 1. The van der Waals surface area contributed by atoms with Crippen molar-refractivity contribution in [2.24, 2.45) is 0 Å². The van der Waals surface area contributed by atoms with Gasteiger partial charge >= 0.3 is 0 Å². The highest BCUT2D eigenvalue weighted by Crippen LogP contribution is 2.18. The van der Waals surface area contributed by atoms with Crippen molar-refractivity contribution in [2.75, 3.05) is 5.32 Å². The van der Waals surface area contributed by atoms with E-state index in [1.165, 1.54) is 0 Å². The van der Waals surface area contributed by atoms with Crippen molar-refractivity contribution in [3.05, 3.63) is 71.7 Å². The fraction of sp³-hybridized carbons (Fsp3) is 0.167. The SMILES string of the molecule is Cc1cc(NCc2cccc(C3NNNN3)c2)nc(-c2cccnc2)n1. The molecule has 8 nitrogen and oxygen atoms in total. The maximum Gasteiger partial charge on any atom is 0.163 e. The van der Waals surface area contributed by atoms with E-state index in [2.05, 4.69) is 60.4 Å². The summed E-state index contributed by atoms with van der Waals surface area (Å²) in [4.78, 5) is 13.3. The number of benzene rings is 1. The zero-order valence-corrected chi connectivity index (χ0v) is 14.3. The van der Waals surface area contributed by atoms with E-state index < -0.39 is 0 Å². The number of anilines is 1. The molecular formula is C18H20N8. The molecule has 1 aliphatic rings. The molecule has 1 saturated heterocycles. The minimum absolute atomic E-state index is 0.0217. The number of nitrogens with one attached hydrogen (secondary N) is 5. The van der Waals surface area contributed by atoms with Crippen molar-refractivity contribution in [1.29, 1.82) is 0 Å². The number of hydrazine groups is 3. The molecule has 0 radical (unpaired) electrons. The van der Waals surface area contributed by atoms with Gasteiger partial charge in [0, 0.05) is 36.3 Å². The van der Waals surface area contributed by atoms with E-state index in [0.29, 0.717) is 12.4 Å². The smallest absolute Gasteiger partial charge is 0.163 e. The third kappa shape index (κ3) is 3.84. The lowest BCUT2D eigenvalue weighted by Gasteiger charge is -2.12. The van der Waals surface area contributed by atoms with E-state index in [9.17, 15) is 0 Å². The molecule has 3 heterocycles. The standard InChI is InChI=1S/C18H20N8/c1-12-8-16(22-17(21-12)15-6-3-7-19-11-15)20-10-13-4-2-5-14(9-13)18-23-25-26-24-18/h2-9,11,18,23-26H,10H2,1H3,(H,20,21,22). The molecule has 5 N–H and O–H groups in total. The quantitative estimate of drug-likeness (QED) is 0.474. The molecule has 26 heavy (non-hydrogen) atoms. The van der Waals surface area contributed by atoms with Crippen LogP contribution in [0.5, 0.6) is 0 Å². The molecule has 3 aromatic rings. The third-order valence-corrected chi connectivity index (χ3v) is 4.03. The van der Waals surface area contributed by atoms with Crippen molar-refractivity contribution in [2.45, 2.75) is 19.6 Å². The molecule has 0 atom stereocenters. The topological polar surface area (TPSA) is 98.8 Å². The van der Waals surface area contributed by atoms with Crippen LogP contribution in [0.15, 0.2) is 54.9 Å². The fourth-order valence-electron chi connectivity index (χ4n) is 2.78. The number of nitrogens with zero attached hydrogens (tertiary/aromatic N) is 3. The van der Waals surface area contributed by atoms with Gasteiger partial charge in [0.15, 0.2) is 5.82 Å². The fourth-order valence-corrected chi connectivity index (χ4v) is 2.78. The molecule has 0 amide bonds. The van der Waals surface area contributed by atoms with Gasteiger partial charge in [0.2, 0.25) is 0 Å². The predicted molar refractivity (Wildman–Crippen MR) is 99.1 cm³/mol. The average molecular weight is 348 g/mol. The second-order valence-corrected chi connectivity index (χ2v) is 6.03. The van der Waals surface area contributed by atoms with Gasteiger partial charge < -0.3 is 5.32 Å². The van der Waals surface area contributed by atoms with Gasteiger partial charge in [-0.05, 0) is 30.2 Å². The highest BCUT2D eigenvalue weighted by atomic mass is 15.8. The summed E-state index contributed by atoms with van der Waals surface area (Å²) in [5.74, 6) is 1.47. The summed E-state index contributed by atoms with van der Waals surface area (Å²) in [6.45, 7) is 2.63. The van der Waals surface area contributed by atoms with E-state index >= 15 is 0 Å². The highest BCUT2D eigenvalue weighted by Gasteiger charge is 2.14. The zero-order valence-electron chi connectivity index (χ0n) is 14.3. The van der Waals surface area contributed by atoms with Crippen LogP contribution in [0.4, 0.5) is 5.82 Å². The summed E-state index contributed by atoms with van der Waals surface area (Å²) in [6.07, 6.45) is 3.53. The van der Waals surface area contributed by atoms with Crippen molar-refractivity contribution in [3.63, 3.8) is 0 Å². The molecule has 0 unspecified atom stereocenters. The molecule has 132 valence electrons. The molecule has 0 saturated carbocycles. The van der Waals surface area contributed by atoms with Gasteiger partial charge in [0.25, 0.3) is 0 Å². The lowest BCUT2D eigenvalue weighted by molar-refractivity contribution is 0.554. The monoisotopic (exact) mass is 348 g/mol. The zero-order chi connectivity index (χ0) is 17.8. The van der Waals surface area contributed by atoms with Crippen LogP contribution < -0.4 is 27.2 Å². The van der Waals surface area contributed by atoms with E-state index in [1.807, 2.05) is 31.2 Å². The van der Waals surface area contributed by atoms with Crippen LogP contribution in [0, 0.1) is 6.92 Å². The molecule has 1 fully saturated rings. The Hall–Kier alpha value is -2.91. The van der Waals surface area contributed by atoms with Gasteiger partial charge in [0.1, 0.15) is 12.0 Å². The van der Waals surface area contributed by atoms with Crippen LogP contribution in [0.2, 0.25) is 0 Å². The molecule has 0 aliphatic carbocycles. The number of rotatable bonds is 5. The number of pyridine rings is 1. The number of hydrogen-bond donors (Lipinski definition) is 5. The summed E-state index contributed by atoms with van der Waals surface area (Å²) in [5.41, 5.74) is 15.9. The summed E-state index contributed by atoms with van der Waals surface area (Å²) >= 11 is 0. The average Bonchev–Trinajstić information content (AvgIpc) is 3.22. The largest absolute Gasteiger partial charge is 0.366 e. The first-order valence-electron chi connectivity index (χ1n) is 8.38. The van der Waals surface area contributed by atoms with Crippen molar-refractivity contribution in [1.82, 2.24) is 36.9 Å². The minimum Gasteiger partial charge on any atom is -0.366 e. The van der Waals surface area contributed by atoms with Crippen LogP contribution in [0.1, 0.15) is 23.0 Å². The van der Waals surface area contributed by atoms with Gasteiger partial charge in [-0.1, -0.05) is 24.3 Å². The molecular weight excluding hydrogens is 328 g/mol. The molecule has 0 spiro atoms. The first-order valence-corrected chi connectivity index (χ1v) is 8.38. The minimum atomic E-state index is 0.0217. The Morgan fingerprint density at radius 1 is 1.04 bits per heavy atom. The highest BCUT2D eigenvalue weighted by molar-refractivity contribution is 5.56. The molecule has 2 aromatic heterocycles. The maximum atomic E-state index is 4.61. The lowest BCUT2D eigenvalue weighted by atomic mass is 10.1. The summed E-state index contributed by atoms with van der Waals surface area (Å²) in [7, 11) is 0. The molecule has 1 aliphatic heterocycles.